The van der Waals surface area contributed by atoms with E-state index >= 15 is 0 Å². The van der Waals surface area contributed by atoms with Gasteiger partial charge in [-0.05, 0) is 281 Å². The second-order valence-corrected chi connectivity index (χ2v) is 38.8. The van der Waals surface area contributed by atoms with Crippen molar-refractivity contribution in [2.24, 2.45) is 81.8 Å². The van der Waals surface area contributed by atoms with Gasteiger partial charge in [-0.25, -0.2) is 4.98 Å². The molecule has 730 valence electrons. The lowest BCUT2D eigenvalue weighted by atomic mass is 10.0. The second kappa shape index (κ2) is 45.5. The zero-order valence-electron chi connectivity index (χ0n) is 76.5. The molecule has 2 heterocycles. The second-order valence-electron chi connectivity index (χ2n) is 31.6. The summed E-state index contributed by atoms with van der Waals surface area (Å²) in [4.78, 5) is 27.8. The summed E-state index contributed by atoms with van der Waals surface area (Å²) in [6, 6.07) is 73.2. The maximum absolute atomic E-state index is 12.9. The lowest BCUT2D eigenvalue weighted by Gasteiger charge is -2.16. The molecule has 15 rings (SSSR count). The molecule has 13 aromatic carbocycles. The molecule has 144 heavy (non-hydrogen) atoms. The van der Waals surface area contributed by atoms with Gasteiger partial charge in [0.05, 0.1) is 114 Å². The monoisotopic (exact) mass is 2030 g/mol. The van der Waals surface area contributed by atoms with Gasteiger partial charge in [0.2, 0.25) is 23.8 Å². The van der Waals surface area contributed by atoms with Crippen LogP contribution in [-0.4, -0.2) is 114 Å². The lowest BCUT2D eigenvalue weighted by Crippen LogP contribution is -2.10. The van der Waals surface area contributed by atoms with E-state index in [1.54, 1.807) is 185 Å². The Bertz CT molecular complexity index is 8200. The molecule has 0 saturated heterocycles. The smallest absolute Gasteiger partial charge is 0.296 e. The van der Waals surface area contributed by atoms with Gasteiger partial charge in [-0.2, -0.15) is 139 Å². The minimum Gasteiger partial charge on any atom is -0.493 e. The SMILES string of the molecule is CCCOc1cc(N=Nc2ccc(N=Nc3ccccc3)cc2S(=O)(=O)O)c(C)cc1Cc1nc(Cc2ccc(N=Nc3ccc(N=Nc4ccc(S(=O)(=O)O)cc4)cc3)c(C)c2)nc(Nc2cccc(Nc3nc(Nc4ccc(N=Nc5ccc(N=Nc6ccccc6)cc5S(=O)(=O)O)c(C)c4)nc(Nc4cc(C)c(N=Nc5ccc(N=Nc6ccc(S(=O)(=O)O)cc6)cc5)cc4OCCCS(=O)(=O)O)n3)c2)n1. The molecule has 0 saturated carbocycles. The Morgan fingerprint density at radius 1 is 0.285 bits per heavy atom. The molecule has 15 aromatic rings. The summed E-state index contributed by atoms with van der Waals surface area (Å²) >= 11 is 0. The predicted octanol–water partition coefficient (Wildman–Crippen LogP) is 26.2. The Labute approximate surface area is 824 Å². The molecular formula is C96H84N26O17S5. The summed E-state index contributed by atoms with van der Waals surface area (Å²) in [7, 11) is -22.9. The molecule has 0 atom stereocenters. The van der Waals surface area contributed by atoms with Crippen LogP contribution >= 0.6 is 0 Å². The van der Waals surface area contributed by atoms with Crippen LogP contribution in [0.5, 0.6) is 11.5 Å². The zero-order valence-corrected chi connectivity index (χ0v) is 80.6. The van der Waals surface area contributed by atoms with Crippen LogP contribution in [0.3, 0.4) is 0 Å². The largest absolute Gasteiger partial charge is 0.493 e. The number of nitrogens with one attached hydrogen (secondary N) is 4. The van der Waals surface area contributed by atoms with Gasteiger partial charge in [0, 0.05) is 47.6 Å². The van der Waals surface area contributed by atoms with Gasteiger partial charge < -0.3 is 30.7 Å². The van der Waals surface area contributed by atoms with E-state index < -0.39 is 66.1 Å². The van der Waals surface area contributed by atoms with Gasteiger partial charge in [0.15, 0.2) is 0 Å². The van der Waals surface area contributed by atoms with Crippen molar-refractivity contribution in [3.05, 3.63) is 324 Å². The van der Waals surface area contributed by atoms with Crippen LogP contribution < -0.4 is 30.7 Å². The Morgan fingerprint density at radius 3 is 1.09 bits per heavy atom. The van der Waals surface area contributed by atoms with E-state index in [0.717, 1.165) is 23.3 Å². The van der Waals surface area contributed by atoms with Crippen molar-refractivity contribution in [2.45, 2.75) is 79.9 Å². The highest BCUT2D eigenvalue weighted by Crippen LogP contribution is 2.41. The van der Waals surface area contributed by atoms with E-state index in [1.807, 2.05) is 44.2 Å². The van der Waals surface area contributed by atoms with Crippen molar-refractivity contribution in [3.8, 4) is 11.5 Å². The van der Waals surface area contributed by atoms with Crippen LogP contribution in [0.2, 0.25) is 0 Å². The average molecular weight is 2030 g/mol. The molecule has 0 aliphatic carbocycles. The number of benzene rings is 13. The number of aromatic nitrogens is 6. The van der Waals surface area contributed by atoms with Crippen molar-refractivity contribution in [2.75, 3.05) is 40.2 Å². The van der Waals surface area contributed by atoms with Gasteiger partial charge in [0.25, 0.3) is 50.6 Å². The Kier molecular flexibility index (Phi) is 32.1. The van der Waals surface area contributed by atoms with Crippen molar-refractivity contribution in [1.29, 1.82) is 0 Å². The fourth-order valence-electron chi connectivity index (χ4n) is 13.4. The van der Waals surface area contributed by atoms with E-state index in [1.165, 1.54) is 72.8 Å². The molecule has 0 spiro atoms. The summed E-state index contributed by atoms with van der Waals surface area (Å²) in [6.07, 6.45) is 0.683. The number of hydrogen-bond donors (Lipinski definition) is 9. The average Bonchev–Trinajstić information content (AvgIpc) is 0.818. The minimum atomic E-state index is -4.87. The molecule has 48 heteroatoms. The topological polar surface area (TPSA) is 614 Å². The van der Waals surface area contributed by atoms with Gasteiger partial charge in [0.1, 0.15) is 44.3 Å². The molecule has 2 aromatic heterocycles. The third kappa shape index (κ3) is 29.1. The number of rotatable bonds is 40. The maximum atomic E-state index is 12.9. The molecule has 0 fully saturated rings. The van der Waals surface area contributed by atoms with Crippen molar-refractivity contribution < 1.29 is 74.3 Å². The highest BCUT2D eigenvalue weighted by atomic mass is 32.2. The quantitative estimate of drug-likeness (QED) is 0.00978. The van der Waals surface area contributed by atoms with Gasteiger partial charge in [-0.3, -0.25) is 22.8 Å². The molecular weight excluding hydrogens is 1950 g/mol. The van der Waals surface area contributed by atoms with Crippen LogP contribution in [0.15, 0.2) is 380 Å². The first-order valence-electron chi connectivity index (χ1n) is 43.3. The van der Waals surface area contributed by atoms with Crippen LogP contribution in [0.25, 0.3) is 0 Å². The number of azo groups is 8. The molecule has 0 aliphatic heterocycles. The molecule has 0 unspecified atom stereocenters. The van der Waals surface area contributed by atoms with Gasteiger partial charge >= 0.3 is 0 Å². The standard InChI is InChI=1S/C96H84N26O17S5/c1-6-45-138-87-57-84(122-120-83-44-36-77(56-90(83)144(135,136)137)116-108-66-17-11-8-12-18-66)60(3)49-64(87)53-92-101-91(52-63-21-41-80(59(2)48-63)117-113-69-26-22-67(23-27-69)109-111-71-30-37-78(38-31-71)141(126,127)128)102-93(103-92)97-73-19-13-20-74(54-73)98-94-104-95(99-75-34-42-81(61(4)50-75)118-119-82-43-35-76(55-89(82)143(132,133)134)115-107-65-15-9-7-10-16-65)106-96(105-94)100-86-51-62(5)85(58-88(86)139-46-14-47-140(123,124)125)121-114-70-28-24-68(25-29-70)110-112-72-32-39-79(40-33-72)142(129,130)131/h7-13,15-44,48-51,54-58H,6,14,45-47,52-53H2,1-5H3,(H,123,124,125)(H,126,127,128)(H,129,130,131)(H,132,133,134)(H,135,136,137)(H,97,101,102,103)(H3,98,99,100,104,105,106). The van der Waals surface area contributed by atoms with Crippen molar-refractivity contribution in [1.82, 2.24) is 29.9 Å². The third-order valence-electron chi connectivity index (χ3n) is 20.5. The van der Waals surface area contributed by atoms with Crippen molar-refractivity contribution >= 4 is 188 Å². The highest BCUT2D eigenvalue weighted by Gasteiger charge is 2.24. The first kappa shape index (κ1) is 101. The Morgan fingerprint density at radius 2 is 0.639 bits per heavy atom. The summed E-state index contributed by atoms with van der Waals surface area (Å²) in [5, 5.41) is 81.8. The number of anilines is 8. The molecule has 0 aliphatic rings. The molecule has 0 radical (unpaired) electrons. The maximum Gasteiger partial charge on any atom is 0.296 e. The number of nitrogens with zero attached hydrogens (tertiary/aromatic N) is 22. The van der Waals surface area contributed by atoms with E-state index in [2.05, 4.69) is 103 Å². The molecule has 43 nitrogen and oxygen atoms in total. The number of aryl methyl sites for hydroxylation is 4. The fraction of sp³-hybridized carbons (Fsp3) is 0.125. The van der Waals surface area contributed by atoms with Gasteiger partial charge in [-0.15, -0.1) is 10.2 Å². The zero-order chi connectivity index (χ0) is 102. The molecule has 0 bridgehead atoms. The summed E-state index contributed by atoms with van der Waals surface area (Å²) in [5.41, 5.74) is 10.1. The first-order valence-corrected chi connectivity index (χ1v) is 50.7. The minimum absolute atomic E-state index is 0.0463. The number of ether oxygens (including phenoxy) is 2. The normalized spacial score (nSPS) is 12.3. The van der Waals surface area contributed by atoms with Gasteiger partial charge in [-0.1, -0.05) is 61.5 Å². The molecule has 9 N–H and O–H groups in total. The van der Waals surface area contributed by atoms with E-state index in [9.17, 15) is 64.9 Å². The number of hydrogen-bond acceptors (Lipinski definition) is 38. The van der Waals surface area contributed by atoms with E-state index in [0.29, 0.717) is 126 Å². The lowest BCUT2D eigenvalue weighted by molar-refractivity contribution is 0.314. The highest BCUT2D eigenvalue weighted by molar-refractivity contribution is 7.87. The third-order valence-corrected chi connectivity index (χ3v) is 24.8. The fourth-order valence-corrected chi connectivity index (χ4v) is 16.2. The Balaban J connectivity index is 0.743. The summed E-state index contributed by atoms with van der Waals surface area (Å²) < 4.78 is 183. The summed E-state index contributed by atoms with van der Waals surface area (Å²) in [6.45, 7) is 9.10. The molecule has 0 amide bonds. The Hall–Kier alpha value is -17.0. The van der Waals surface area contributed by atoms with E-state index in [4.69, 9.17) is 39.4 Å². The van der Waals surface area contributed by atoms with Crippen LogP contribution in [0.4, 0.5) is 138 Å². The first-order chi connectivity index (χ1) is 68.9. The van der Waals surface area contributed by atoms with E-state index in [-0.39, 0.29) is 106 Å². The van der Waals surface area contributed by atoms with Crippen LogP contribution in [-0.2, 0) is 63.4 Å². The van der Waals surface area contributed by atoms with Crippen LogP contribution in [0.1, 0.15) is 64.8 Å². The summed E-state index contributed by atoms with van der Waals surface area (Å²) in [5.74, 6) is 0.399. The van der Waals surface area contributed by atoms with Crippen molar-refractivity contribution in [3.63, 3.8) is 0 Å². The predicted molar refractivity (Wildman–Crippen MR) is 536 cm³/mol. The van der Waals surface area contributed by atoms with Crippen LogP contribution in [0, 0.1) is 27.7 Å².